The van der Waals surface area contributed by atoms with Crippen LogP contribution in [0.1, 0.15) is 25.7 Å². The minimum Gasteiger partial charge on any atom is -0.437 e. The van der Waals surface area contributed by atoms with Crippen molar-refractivity contribution in [1.82, 2.24) is 15.0 Å². The maximum atomic E-state index is 5.39. The summed E-state index contributed by atoms with van der Waals surface area (Å²) in [5.74, 6) is 1.00. The van der Waals surface area contributed by atoms with E-state index in [0.717, 1.165) is 0 Å². The third-order valence-corrected chi connectivity index (χ3v) is 1.58. The van der Waals surface area contributed by atoms with Crippen LogP contribution in [-0.2, 0) is 0 Å². The summed E-state index contributed by atoms with van der Waals surface area (Å²) in [5, 5.41) is 0. The molecule has 0 unspecified atom stereocenters. The van der Waals surface area contributed by atoms with Crippen molar-refractivity contribution < 1.29 is 4.42 Å². The highest BCUT2D eigenvalue weighted by Gasteiger charge is 2.08. The molecule has 0 amide bonds. The Morgan fingerprint density at radius 3 is 2.92 bits per heavy atom. The molecule has 0 aliphatic carbocycles. The van der Waals surface area contributed by atoms with Crippen LogP contribution in [0.3, 0.4) is 0 Å². The van der Waals surface area contributed by atoms with E-state index in [1.807, 2.05) is 13.8 Å². The van der Waals surface area contributed by atoms with Gasteiger partial charge in [0.15, 0.2) is 11.5 Å². The van der Waals surface area contributed by atoms with Gasteiger partial charge in [0.05, 0.1) is 6.20 Å². The van der Waals surface area contributed by atoms with Crippen molar-refractivity contribution in [3.05, 3.63) is 18.4 Å². The summed E-state index contributed by atoms with van der Waals surface area (Å²) >= 11 is 0. The molecule has 2 aromatic heterocycles. The van der Waals surface area contributed by atoms with E-state index in [4.69, 9.17) is 4.42 Å². The third kappa shape index (κ3) is 1.05. The van der Waals surface area contributed by atoms with E-state index in [1.165, 1.54) is 6.33 Å². The second kappa shape index (κ2) is 2.55. The molecule has 12 heavy (non-hydrogen) atoms. The molecular formula is C8H9N3O. The van der Waals surface area contributed by atoms with Crippen molar-refractivity contribution in [2.45, 2.75) is 19.8 Å². The fraction of sp³-hybridized carbons (Fsp3) is 0.375. The van der Waals surface area contributed by atoms with E-state index in [-0.39, 0.29) is 0 Å². The normalized spacial score (nSPS) is 11.2. The Balaban J connectivity index is 2.62. The van der Waals surface area contributed by atoms with Crippen molar-refractivity contribution >= 4 is 11.2 Å². The minimum atomic E-state index is 0.291. The van der Waals surface area contributed by atoms with Crippen molar-refractivity contribution in [1.29, 1.82) is 0 Å². The standard InChI is InChI=1S/C8H9N3O/c1-5(2)8-11-7-6(12-8)3-9-4-10-7/h3-5H,1-2H3. The Bertz CT molecular complexity index is 361. The summed E-state index contributed by atoms with van der Waals surface area (Å²) in [6, 6.07) is 0. The Morgan fingerprint density at radius 2 is 2.25 bits per heavy atom. The molecule has 2 heterocycles. The van der Waals surface area contributed by atoms with Gasteiger partial charge in [-0.3, -0.25) is 0 Å². The average molecular weight is 163 g/mol. The van der Waals surface area contributed by atoms with Crippen LogP contribution in [0, 0.1) is 0 Å². The number of fused-ring (bicyclic) bond motifs is 1. The van der Waals surface area contributed by atoms with Gasteiger partial charge in [0.1, 0.15) is 6.33 Å². The molecule has 62 valence electrons. The highest BCUT2D eigenvalue weighted by Crippen LogP contribution is 2.17. The van der Waals surface area contributed by atoms with E-state index >= 15 is 0 Å². The predicted molar refractivity (Wildman–Crippen MR) is 43.7 cm³/mol. The van der Waals surface area contributed by atoms with Crippen molar-refractivity contribution in [2.24, 2.45) is 0 Å². The number of oxazole rings is 1. The van der Waals surface area contributed by atoms with Crippen molar-refractivity contribution in [2.75, 3.05) is 0 Å². The lowest BCUT2D eigenvalue weighted by Crippen LogP contribution is -1.85. The lowest BCUT2D eigenvalue weighted by molar-refractivity contribution is 0.500. The van der Waals surface area contributed by atoms with E-state index < -0.39 is 0 Å². The van der Waals surface area contributed by atoms with E-state index in [0.29, 0.717) is 23.0 Å². The summed E-state index contributed by atoms with van der Waals surface area (Å²) in [7, 11) is 0. The number of aromatic nitrogens is 3. The zero-order valence-corrected chi connectivity index (χ0v) is 6.98. The number of nitrogens with zero attached hydrogens (tertiary/aromatic N) is 3. The molecule has 2 aromatic rings. The van der Waals surface area contributed by atoms with Gasteiger partial charge in [-0.1, -0.05) is 13.8 Å². The fourth-order valence-electron chi connectivity index (χ4n) is 0.953. The van der Waals surface area contributed by atoms with E-state index in [2.05, 4.69) is 15.0 Å². The molecule has 0 radical (unpaired) electrons. The molecule has 0 spiro atoms. The third-order valence-electron chi connectivity index (χ3n) is 1.58. The first-order valence-electron chi connectivity index (χ1n) is 3.84. The molecule has 4 nitrogen and oxygen atoms in total. The highest BCUT2D eigenvalue weighted by atomic mass is 16.3. The number of hydrogen-bond acceptors (Lipinski definition) is 4. The molecule has 0 bridgehead atoms. The lowest BCUT2D eigenvalue weighted by atomic mass is 10.2. The average Bonchev–Trinajstić information content (AvgIpc) is 2.46. The molecule has 0 N–H and O–H groups in total. The van der Waals surface area contributed by atoms with Gasteiger partial charge in [0.25, 0.3) is 0 Å². The molecule has 0 atom stereocenters. The quantitative estimate of drug-likeness (QED) is 0.642. The Morgan fingerprint density at radius 1 is 1.42 bits per heavy atom. The first kappa shape index (κ1) is 7.21. The number of hydrogen-bond donors (Lipinski definition) is 0. The SMILES string of the molecule is CC(C)c1nc2ncncc2o1. The van der Waals surface area contributed by atoms with Crippen molar-refractivity contribution in [3.8, 4) is 0 Å². The monoisotopic (exact) mass is 163 g/mol. The first-order valence-corrected chi connectivity index (χ1v) is 3.84. The highest BCUT2D eigenvalue weighted by molar-refractivity contribution is 5.65. The molecule has 0 saturated carbocycles. The Hall–Kier alpha value is -1.45. The zero-order chi connectivity index (χ0) is 8.55. The van der Waals surface area contributed by atoms with Gasteiger partial charge in [-0.2, -0.15) is 4.98 Å². The van der Waals surface area contributed by atoms with Crippen molar-refractivity contribution in [3.63, 3.8) is 0 Å². The minimum absolute atomic E-state index is 0.291. The summed E-state index contributed by atoms with van der Waals surface area (Å²) in [5.41, 5.74) is 1.29. The van der Waals surface area contributed by atoms with Gasteiger partial charge in [0, 0.05) is 5.92 Å². The predicted octanol–water partition coefficient (Wildman–Crippen LogP) is 1.74. The maximum absolute atomic E-state index is 5.39. The summed E-state index contributed by atoms with van der Waals surface area (Å²) in [6.07, 6.45) is 3.09. The van der Waals surface area contributed by atoms with Gasteiger partial charge in [-0.05, 0) is 0 Å². The molecule has 2 rings (SSSR count). The lowest BCUT2D eigenvalue weighted by Gasteiger charge is -1.93. The summed E-state index contributed by atoms with van der Waals surface area (Å²) < 4.78 is 5.39. The summed E-state index contributed by atoms with van der Waals surface area (Å²) in [6.45, 7) is 4.05. The van der Waals surface area contributed by atoms with Crippen LogP contribution in [0.4, 0.5) is 0 Å². The largest absolute Gasteiger partial charge is 0.437 e. The molecule has 0 aliphatic rings. The van der Waals surface area contributed by atoms with Crippen LogP contribution in [0.15, 0.2) is 16.9 Å². The molecule has 0 aliphatic heterocycles. The van der Waals surface area contributed by atoms with Crippen LogP contribution >= 0.6 is 0 Å². The second-order valence-corrected chi connectivity index (χ2v) is 2.92. The maximum Gasteiger partial charge on any atom is 0.201 e. The summed E-state index contributed by atoms with van der Waals surface area (Å²) in [4.78, 5) is 12.0. The Kier molecular flexibility index (Phi) is 1.53. The van der Waals surface area contributed by atoms with Gasteiger partial charge in [-0.25, -0.2) is 9.97 Å². The smallest absolute Gasteiger partial charge is 0.201 e. The second-order valence-electron chi connectivity index (χ2n) is 2.92. The van der Waals surface area contributed by atoms with E-state index in [1.54, 1.807) is 6.20 Å². The fourth-order valence-corrected chi connectivity index (χ4v) is 0.953. The van der Waals surface area contributed by atoms with E-state index in [9.17, 15) is 0 Å². The van der Waals surface area contributed by atoms with Gasteiger partial charge >= 0.3 is 0 Å². The van der Waals surface area contributed by atoms with Gasteiger partial charge < -0.3 is 4.42 Å². The molecular weight excluding hydrogens is 154 g/mol. The Labute approximate surface area is 69.7 Å². The number of rotatable bonds is 1. The first-order chi connectivity index (χ1) is 5.77. The van der Waals surface area contributed by atoms with Gasteiger partial charge in [0.2, 0.25) is 5.65 Å². The van der Waals surface area contributed by atoms with Crippen LogP contribution in [0.5, 0.6) is 0 Å². The molecule has 4 heteroatoms. The van der Waals surface area contributed by atoms with Crippen LogP contribution < -0.4 is 0 Å². The topological polar surface area (TPSA) is 51.8 Å². The van der Waals surface area contributed by atoms with Crippen LogP contribution in [0.2, 0.25) is 0 Å². The molecule has 0 saturated heterocycles. The van der Waals surface area contributed by atoms with Gasteiger partial charge in [-0.15, -0.1) is 0 Å². The van der Waals surface area contributed by atoms with Crippen LogP contribution in [0.25, 0.3) is 11.2 Å². The molecule has 0 aromatic carbocycles. The molecule has 0 fully saturated rings. The zero-order valence-electron chi connectivity index (χ0n) is 6.98. The van der Waals surface area contributed by atoms with Crippen LogP contribution in [-0.4, -0.2) is 15.0 Å².